The van der Waals surface area contributed by atoms with Crippen molar-refractivity contribution in [2.75, 3.05) is 19.6 Å². The molecule has 0 atom stereocenters. The first-order valence-corrected chi connectivity index (χ1v) is 5.68. The number of nitrogens with zero attached hydrogens (tertiary/aromatic N) is 2. The Kier molecular flexibility index (Phi) is 3.02. The Morgan fingerprint density at radius 1 is 1.59 bits per heavy atom. The molecule has 0 aliphatic carbocycles. The zero-order valence-electron chi connectivity index (χ0n) is 10.1. The van der Waals surface area contributed by atoms with E-state index in [1.165, 1.54) is 12.3 Å². The van der Waals surface area contributed by atoms with E-state index in [9.17, 15) is 9.90 Å². The fraction of sp³-hybridized carbons (Fsp3) is 0.500. The molecule has 92 valence electrons. The minimum absolute atomic E-state index is 0.0613. The predicted molar refractivity (Wildman–Crippen MR) is 63.9 cm³/mol. The maximum atomic E-state index is 12.2. The Morgan fingerprint density at radius 2 is 2.35 bits per heavy atom. The van der Waals surface area contributed by atoms with Crippen LogP contribution in [0.2, 0.25) is 0 Å². The first kappa shape index (κ1) is 11.9. The SMILES string of the molecule is CC1(C)CN(C(=O)c2ncccc2O)CCN1. The molecule has 2 rings (SSSR count). The van der Waals surface area contributed by atoms with Crippen molar-refractivity contribution in [1.82, 2.24) is 15.2 Å². The number of carbonyl (C=O) groups is 1. The molecule has 0 saturated carbocycles. The van der Waals surface area contributed by atoms with Crippen LogP contribution in [0.4, 0.5) is 0 Å². The zero-order valence-corrected chi connectivity index (χ0v) is 10.1. The van der Waals surface area contributed by atoms with Crippen molar-refractivity contribution in [2.24, 2.45) is 0 Å². The molecule has 1 aliphatic rings. The molecule has 0 bridgehead atoms. The zero-order chi connectivity index (χ0) is 12.5. The molecular weight excluding hydrogens is 218 g/mol. The number of amides is 1. The van der Waals surface area contributed by atoms with E-state index >= 15 is 0 Å². The molecule has 2 heterocycles. The summed E-state index contributed by atoms with van der Waals surface area (Å²) >= 11 is 0. The van der Waals surface area contributed by atoms with Gasteiger partial charge in [0.15, 0.2) is 5.69 Å². The second-order valence-electron chi connectivity index (χ2n) is 4.91. The molecule has 0 aromatic carbocycles. The summed E-state index contributed by atoms with van der Waals surface area (Å²) in [6, 6.07) is 3.08. The quantitative estimate of drug-likeness (QED) is 0.748. The number of hydrogen-bond acceptors (Lipinski definition) is 4. The van der Waals surface area contributed by atoms with Gasteiger partial charge in [0, 0.05) is 31.4 Å². The summed E-state index contributed by atoms with van der Waals surface area (Å²) in [6.45, 7) is 6.10. The maximum absolute atomic E-state index is 12.2. The van der Waals surface area contributed by atoms with Crippen LogP contribution in [0.1, 0.15) is 24.3 Å². The van der Waals surface area contributed by atoms with Gasteiger partial charge in [-0.25, -0.2) is 4.98 Å². The lowest BCUT2D eigenvalue weighted by Crippen LogP contribution is -2.58. The van der Waals surface area contributed by atoms with Crippen molar-refractivity contribution in [2.45, 2.75) is 19.4 Å². The van der Waals surface area contributed by atoms with E-state index in [2.05, 4.69) is 10.3 Å². The van der Waals surface area contributed by atoms with E-state index in [1.807, 2.05) is 13.8 Å². The van der Waals surface area contributed by atoms with Gasteiger partial charge >= 0.3 is 0 Å². The summed E-state index contributed by atoms with van der Waals surface area (Å²) in [5.41, 5.74) is 0.0309. The summed E-state index contributed by atoms with van der Waals surface area (Å²) in [7, 11) is 0. The second kappa shape index (κ2) is 4.33. The number of hydrogen-bond donors (Lipinski definition) is 2. The van der Waals surface area contributed by atoms with Crippen LogP contribution in [-0.4, -0.2) is 46.1 Å². The summed E-state index contributed by atoms with van der Waals surface area (Å²) in [4.78, 5) is 17.8. The standard InChI is InChI=1S/C12H17N3O2/c1-12(2)8-15(7-6-14-12)11(17)10-9(16)4-3-5-13-10/h3-5,14,16H,6-8H2,1-2H3. The fourth-order valence-electron chi connectivity index (χ4n) is 2.03. The number of nitrogens with one attached hydrogen (secondary N) is 1. The highest BCUT2D eigenvalue weighted by molar-refractivity contribution is 5.94. The van der Waals surface area contributed by atoms with Gasteiger partial charge in [-0.15, -0.1) is 0 Å². The monoisotopic (exact) mass is 235 g/mol. The number of rotatable bonds is 1. The van der Waals surface area contributed by atoms with Gasteiger partial charge in [0.1, 0.15) is 5.75 Å². The van der Waals surface area contributed by atoms with E-state index in [0.717, 1.165) is 6.54 Å². The molecule has 0 radical (unpaired) electrons. The van der Waals surface area contributed by atoms with Crippen LogP contribution in [-0.2, 0) is 0 Å². The lowest BCUT2D eigenvalue weighted by molar-refractivity contribution is 0.0643. The van der Waals surface area contributed by atoms with Crippen LogP contribution in [0, 0.1) is 0 Å². The van der Waals surface area contributed by atoms with Gasteiger partial charge in [0.25, 0.3) is 5.91 Å². The topological polar surface area (TPSA) is 65.5 Å². The van der Waals surface area contributed by atoms with Crippen LogP contribution in [0.15, 0.2) is 18.3 Å². The maximum Gasteiger partial charge on any atom is 0.276 e. The molecule has 1 amide bonds. The molecule has 0 unspecified atom stereocenters. The van der Waals surface area contributed by atoms with Crippen molar-refractivity contribution in [3.63, 3.8) is 0 Å². The number of aromatic nitrogens is 1. The summed E-state index contributed by atoms with van der Waals surface area (Å²) in [5, 5.41) is 12.9. The lowest BCUT2D eigenvalue weighted by Gasteiger charge is -2.38. The van der Waals surface area contributed by atoms with Gasteiger partial charge in [-0.2, -0.15) is 0 Å². The fourth-order valence-corrected chi connectivity index (χ4v) is 2.03. The molecule has 1 fully saturated rings. The smallest absolute Gasteiger partial charge is 0.276 e. The molecule has 1 aromatic heterocycles. The van der Waals surface area contributed by atoms with Gasteiger partial charge in [-0.1, -0.05) is 0 Å². The van der Waals surface area contributed by atoms with Crippen LogP contribution in [0.5, 0.6) is 5.75 Å². The molecule has 2 N–H and O–H groups in total. The van der Waals surface area contributed by atoms with Gasteiger partial charge in [-0.05, 0) is 26.0 Å². The molecule has 1 aromatic rings. The largest absolute Gasteiger partial charge is 0.505 e. The van der Waals surface area contributed by atoms with E-state index in [-0.39, 0.29) is 22.9 Å². The molecule has 1 aliphatic heterocycles. The number of pyridine rings is 1. The normalized spacial score (nSPS) is 19.1. The Labute approximate surface area is 100 Å². The Hall–Kier alpha value is -1.62. The molecule has 5 nitrogen and oxygen atoms in total. The minimum Gasteiger partial charge on any atom is -0.505 e. The second-order valence-corrected chi connectivity index (χ2v) is 4.91. The van der Waals surface area contributed by atoms with Crippen LogP contribution >= 0.6 is 0 Å². The average molecular weight is 235 g/mol. The highest BCUT2D eigenvalue weighted by Gasteiger charge is 2.30. The molecule has 17 heavy (non-hydrogen) atoms. The van der Waals surface area contributed by atoms with Crippen molar-refractivity contribution in [3.05, 3.63) is 24.0 Å². The van der Waals surface area contributed by atoms with Gasteiger partial charge in [0.05, 0.1) is 0 Å². The molecular formula is C12H17N3O2. The van der Waals surface area contributed by atoms with Crippen LogP contribution < -0.4 is 5.32 Å². The van der Waals surface area contributed by atoms with Crippen LogP contribution in [0.3, 0.4) is 0 Å². The number of aromatic hydroxyl groups is 1. The van der Waals surface area contributed by atoms with Crippen LogP contribution in [0.25, 0.3) is 0 Å². The summed E-state index contributed by atoms with van der Waals surface area (Å²) < 4.78 is 0. The third-order valence-corrected chi connectivity index (χ3v) is 2.85. The lowest BCUT2D eigenvalue weighted by atomic mass is 10.0. The van der Waals surface area contributed by atoms with Crippen molar-refractivity contribution >= 4 is 5.91 Å². The van der Waals surface area contributed by atoms with Crippen molar-refractivity contribution < 1.29 is 9.90 Å². The first-order valence-electron chi connectivity index (χ1n) is 5.68. The van der Waals surface area contributed by atoms with E-state index in [0.29, 0.717) is 13.1 Å². The van der Waals surface area contributed by atoms with Gasteiger partial charge in [-0.3, -0.25) is 4.79 Å². The number of piperazine rings is 1. The first-order chi connectivity index (χ1) is 7.99. The third-order valence-electron chi connectivity index (χ3n) is 2.85. The van der Waals surface area contributed by atoms with Gasteiger partial charge < -0.3 is 15.3 Å². The summed E-state index contributed by atoms with van der Waals surface area (Å²) in [5.74, 6) is -0.272. The summed E-state index contributed by atoms with van der Waals surface area (Å²) in [6.07, 6.45) is 1.51. The Balaban J connectivity index is 2.18. The number of carbonyl (C=O) groups excluding carboxylic acids is 1. The predicted octanol–water partition coefficient (Wildman–Crippen LogP) is 0.611. The Morgan fingerprint density at radius 3 is 3.00 bits per heavy atom. The van der Waals surface area contributed by atoms with Crippen molar-refractivity contribution in [1.29, 1.82) is 0 Å². The van der Waals surface area contributed by atoms with E-state index in [1.54, 1.807) is 11.0 Å². The van der Waals surface area contributed by atoms with Crippen molar-refractivity contribution in [3.8, 4) is 5.75 Å². The third kappa shape index (κ3) is 2.55. The highest BCUT2D eigenvalue weighted by atomic mass is 16.3. The molecule has 0 spiro atoms. The molecule has 1 saturated heterocycles. The van der Waals surface area contributed by atoms with E-state index < -0.39 is 0 Å². The highest BCUT2D eigenvalue weighted by Crippen LogP contribution is 2.18. The van der Waals surface area contributed by atoms with E-state index in [4.69, 9.17) is 0 Å². The Bertz CT molecular complexity index is 432. The molecule has 5 heteroatoms. The van der Waals surface area contributed by atoms with Gasteiger partial charge in [0.2, 0.25) is 0 Å². The minimum atomic E-state index is -0.210. The average Bonchev–Trinajstić information content (AvgIpc) is 2.27.